The molecule has 0 bridgehead atoms. The zero-order valence-corrected chi connectivity index (χ0v) is 16.8. The van der Waals surface area contributed by atoms with Crippen LogP contribution in [0.5, 0.6) is 5.75 Å². The quantitative estimate of drug-likeness (QED) is 0.377. The summed E-state index contributed by atoms with van der Waals surface area (Å²) in [6.07, 6.45) is 3.24. The van der Waals surface area contributed by atoms with Crippen LogP contribution in [0.2, 0.25) is 0 Å². The van der Waals surface area contributed by atoms with Gasteiger partial charge in [-0.25, -0.2) is 0 Å². The van der Waals surface area contributed by atoms with Gasteiger partial charge in [-0.3, -0.25) is 4.79 Å². The number of rotatable bonds is 9. The third kappa shape index (κ3) is 7.49. The average molecular weight is 417 g/mol. The maximum Gasteiger partial charge on any atom is 0.305 e. The van der Waals surface area contributed by atoms with Gasteiger partial charge in [-0.2, -0.15) is 0 Å². The van der Waals surface area contributed by atoms with Crippen molar-refractivity contribution in [3.8, 4) is 5.75 Å². The van der Waals surface area contributed by atoms with Crippen molar-refractivity contribution in [2.24, 2.45) is 0 Å². The molecule has 0 unspecified atom stereocenters. The zero-order chi connectivity index (χ0) is 17.9. The SMILES string of the molecule is COC(=O)CCCCCNC(=S)N(C)Cc1cc(Br)ccc1OC. The standard InChI is InChI=1S/C17H25BrN2O3S/c1-20(12-13-11-14(18)8-9-15(13)22-2)17(24)19-10-6-4-5-7-16(21)23-3/h8-9,11H,4-7,10,12H2,1-3H3,(H,19,24). The van der Waals surface area contributed by atoms with Crippen molar-refractivity contribution in [2.75, 3.05) is 27.8 Å². The summed E-state index contributed by atoms with van der Waals surface area (Å²) in [7, 11) is 5.03. The normalized spacial score (nSPS) is 10.2. The lowest BCUT2D eigenvalue weighted by Crippen LogP contribution is -2.37. The van der Waals surface area contributed by atoms with Crippen molar-refractivity contribution in [1.82, 2.24) is 10.2 Å². The topological polar surface area (TPSA) is 50.8 Å². The Hall–Kier alpha value is -1.34. The van der Waals surface area contributed by atoms with E-state index in [-0.39, 0.29) is 5.97 Å². The van der Waals surface area contributed by atoms with Crippen LogP contribution in [0, 0.1) is 0 Å². The molecule has 7 heteroatoms. The number of methoxy groups -OCH3 is 2. The fourth-order valence-corrected chi connectivity index (χ4v) is 2.78. The van der Waals surface area contributed by atoms with Gasteiger partial charge >= 0.3 is 5.97 Å². The molecule has 0 amide bonds. The fourth-order valence-electron chi connectivity index (χ4n) is 2.20. The minimum absolute atomic E-state index is 0.152. The average Bonchev–Trinajstić information content (AvgIpc) is 2.57. The summed E-state index contributed by atoms with van der Waals surface area (Å²) in [5, 5.41) is 3.94. The molecule has 0 aliphatic rings. The molecule has 0 saturated heterocycles. The summed E-state index contributed by atoms with van der Waals surface area (Å²) in [6.45, 7) is 1.46. The molecule has 0 aliphatic carbocycles. The number of nitrogens with zero attached hydrogens (tertiary/aromatic N) is 1. The molecule has 0 spiro atoms. The number of carbonyl (C=O) groups is 1. The van der Waals surface area contributed by atoms with E-state index in [1.165, 1.54) is 7.11 Å². The molecule has 0 aliphatic heterocycles. The lowest BCUT2D eigenvalue weighted by molar-refractivity contribution is -0.140. The number of halogens is 1. The van der Waals surface area contributed by atoms with E-state index in [2.05, 4.69) is 26.0 Å². The number of nitrogens with one attached hydrogen (secondary N) is 1. The fraction of sp³-hybridized carbons (Fsp3) is 0.529. The second kappa shape index (κ2) is 11.3. The second-order valence-corrected chi connectivity index (χ2v) is 6.73. The lowest BCUT2D eigenvalue weighted by Gasteiger charge is -2.22. The van der Waals surface area contributed by atoms with Crippen molar-refractivity contribution >= 4 is 39.2 Å². The second-order valence-electron chi connectivity index (χ2n) is 5.43. The van der Waals surface area contributed by atoms with Crippen molar-refractivity contribution in [2.45, 2.75) is 32.2 Å². The maximum absolute atomic E-state index is 11.0. The van der Waals surface area contributed by atoms with E-state index in [9.17, 15) is 4.79 Å². The number of unbranched alkanes of at least 4 members (excludes halogenated alkanes) is 2. The Bertz CT molecular complexity index is 555. The Labute approximate surface area is 157 Å². The van der Waals surface area contributed by atoms with Crippen LogP contribution in [0.1, 0.15) is 31.2 Å². The van der Waals surface area contributed by atoms with Gasteiger partial charge in [0.1, 0.15) is 5.75 Å². The van der Waals surface area contributed by atoms with E-state index in [0.29, 0.717) is 18.1 Å². The van der Waals surface area contributed by atoms with Crippen LogP contribution >= 0.6 is 28.1 Å². The highest BCUT2D eigenvalue weighted by Gasteiger charge is 2.09. The number of benzene rings is 1. The van der Waals surface area contributed by atoms with Gasteiger partial charge in [0.25, 0.3) is 0 Å². The highest BCUT2D eigenvalue weighted by atomic mass is 79.9. The number of esters is 1. The third-order valence-corrected chi connectivity index (χ3v) is 4.51. The monoisotopic (exact) mass is 416 g/mol. The van der Waals surface area contributed by atoms with Crippen LogP contribution in [-0.2, 0) is 16.1 Å². The van der Waals surface area contributed by atoms with Crippen LogP contribution in [0.25, 0.3) is 0 Å². The highest BCUT2D eigenvalue weighted by molar-refractivity contribution is 9.10. The summed E-state index contributed by atoms with van der Waals surface area (Å²) in [5.41, 5.74) is 1.07. The molecule has 0 fully saturated rings. The van der Waals surface area contributed by atoms with Gasteiger partial charge in [-0.15, -0.1) is 0 Å². The summed E-state index contributed by atoms with van der Waals surface area (Å²) in [4.78, 5) is 13.0. The van der Waals surface area contributed by atoms with E-state index in [1.807, 2.05) is 30.1 Å². The lowest BCUT2D eigenvalue weighted by atomic mass is 10.2. The van der Waals surface area contributed by atoms with Crippen LogP contribution in [0.4, 0.5) is 0 Å². The van der Waals surface area contributed by atoms with Crippen molar-refractivity contribution in [3.63, 3.8) is 0 Å². The highest BCUT2D eigenvalue weighted by Crippen LogP contribution is 2.24. The van der Waals surface area contributed by atoms with E-state index >= 15 is 0 Å². The molecule has 24 heavy (non-hydrogen) atoms. The first-order chi connectivity index (χ1) is 11.5. The third-order valence-electron chi connectivity index (χ3n) is 3.56. The number of thiocarbonyl (C=S) groups is 1. The molecule has 0 saturated carbocycles. The molecule has 5 nitrogen and oxygen atoms in total. The summed E-state index contributed by atoms with van der Waals surface area (Å²) < 4.78 is 11.0. The van der Waals surface area contributed by atoms with Gasteiger partial charge in [0, 0.05) is 36.6 Å². The molecule has 1 aromatic carbocycles. The largest absolute Gasteiger partial charge is 0.496 e. The van der Waals surface area contributed by atoms with Gasteiger partial charge in [0.2, 0.25) is 0 Å². The molecule has 1 N–H and O–H groups in total. The van der Waals surface area contributed by atoms with Gasteiger partial charge < -0.3 is 19.7 Å². The number of hydrogen-bond donors (Lipinski definition) is 1. The summed E-state index contributed by atoms with van der Waals surface area (Å²) >= 11 is 8.89. The van der Waals surface area contributed by atoms with Gasteiger partial charge in [-0.05, 0) is 43.3 Å². The summed E-state index contributed by atoms with van der Waals surface area (Å²) in [6, 6.07) is 5.92. The van der Waals surface area contributed by atoms with Gasteiger partial charge in [0.15, 0.2) is 5.11 Å². The number of carbonyl (C=O) groups excluding carboxylic acids is 1. The molecule has 1 aromatic rings. The molecule has 0 atom stereocenters. The Morgan fingerprint density at radius 3 is 2.71 bits per heavy atom. The first kappa shape index (κ1) is 20.7. The molecule has 0 heterocycles. The van der Waals surface area contributed by atoms with E-state index < -0.39 is 0 Å². The predicted molar refractivity (Wildman–Crippen MR) is 103 cm³/mol. The minimum atomic E-state index is -0.152. The molecular formula is C17H25BrN2O3S. The van der Waals surface area contributed by atoms with Gasteiger partial charge in [-0.1, -0.05) is 22.4 Å². The van der Waals surface area contributed by atoms with Gasteiger partial charge in [0.05, 0.1) is 14.2 Å². The van der Waals surface area contributed by atoms with E-state index in [0.717, 1.165) is 41.6 Å². The van der Waals surface area contributed by atoms with E-state index in [1.54, 1.807) is 7.11 Å². The van der Waals surface area contributed by atoms with Crippen LogP contribution in [-0.4, -0.2) is 43.8 Å². The Kier molecular flexibility index (Phi) is 9.71. The Morgan fingerprint density at radius 1 is 1.29 bits per heavy atom. The van der Waals surface area contributed by atoms with Crippen molar-refractivity contribution in [3.05, 3.63) is 28.2 Å². The molecule has 134 valence electrons. The minimum Gasteiger partial charge on any atom is -0.496 e. The molecule has 0 aromatic heterocycles. The Balaban J connectivity index is 2.33. The Morgan fingerprint density at radius 2 is 2.04 bits per heavy atom. The van der Waals surface area contributed by atoms with Crippen molar-refractivity contribution < 1.29 is 14.3 Å². The smallest absolute Gasteiger partial charge is 0.305 e. The van der Waals surface area contributed by atoms with Crippen LogP contribution in [0.15, 0.2) is 22.7 Å². The number of hydrogen-bond acceptors (Lipinski definition) is 4. The maximum atomic E-state index is 11.0. The number of ether oxygens (including phenoxy) is 2. The molecule has 1 rings (SSSR count). The summed E-state index contributed by atoms with van der Waals surface area (Å²) in [5.74, 6) is 0.692. The molecule has 0 radical (unpaired) electrons. The molecular weight excluding hydrogens is 392 g/mol. The van der Waals surface area contributed by atoms with E-state index in [4.69, 9.17) is 17.0 Å². The first-order valence-electron chi connectivity index (χ1n) is 7.86. The predicted octanol–water partition coefficient (Wildman–Crippen LogP) is 3.50. The first-order valence-corrected chi connectivity index (χ1v) is 9.06. The van der Waals surface area contributed by atoms with Crippen LogP contribution < -0.4 is 10.1 Å². The van der Waals surface area contributed by atoms with Crippen LogP contribution in [0.3, 0.4) is 0 Å². The van der Waals surface area contributed by atoms with Crippen molar-refractivity contribution in [1.29, 1.82) is 0 Å². The zero-order valence-electron chi connectivity index (χ0n) is 14.4.